The molecule has 0 aliphatic carbocycles. The van der Waals surface area contributed by atoms with Gasteiger partial charge in [-0.15, -0.1) is 0 Å². The fourth-order valence-electron chi connectivity index (χ4n) is 3.20. The van der Waals surface area contributed by atoms with Gasteiger partial charge in [-0.05, 0) is 39.7 Å². The van der Waals surface area contributed by atoms with Crippen LogP contribution in [0, 0.1) is 12.8 Å². The van der Waals surface area contributed by atoms with E-state index in [0.717, 1.165) is 11.0 Å². The highest BCUT2D eigenvalue weighted by atomic mass is 16.2. The van der Waals surface area contributed by atoms with Crippen LogP contribution in [0.15, 0.2) is 12.3 Å². The smallest absolute Gasteiger partial charge is 0.255 e. The van der Waals surface area contributed by atoms with Crippen LogP contribution in [-0.4, -0.2) is 44.6 Å². The van der Waals surface area contributed by atoms with Gasteiger partial charge in [-0.25, -0.2) is 9.67 Å². The second-order valence-electron chi connectivity index (χ2n) is 6.69. The van der Waals surface area contributed by atoms with Crippen molar-refractivity contribution in [1.29, 1.82) is 0 Å². The summed E-state index contributed by atoms with van der Waals surface area (Å²) in [6.07, 6.45) is 3.00. The first-order chi connectivity index (χ1) is 11.4. The number of pyridine rings is 1. The number of nitrogens with zero attached hydrogens (tertiary/aromatic N) is 4. The Balaban J connectivity index is 1.85. The van der Waals surface area contributed by atoms with Crippen LogP contribution in [0.2, 0.25) is 0 Å². The van der Waals surface area contributed by atoms with Crippen molar-refractivity contribution in [2.75, 3.05) is 13.1 Å². The number of aromatic nitrogens is 3. The van der Waals surface area contributed by atoms with Crippen LogP contribution in [0.5, 0.6) is 0 Å². The predicted molar refractivity (Wildman–Crippen MR) is 90.5 cm³/mol. The van der Waals surface area contributed by atoms with Gasteiger partial charge in [0.05, 0.1) is 17.5 Å². The molecule has 7 nitrogen and oxygen atoms in total. The highest BCUT2D eigenvalue weighted by molar-refractivity contribution is 5.98. The quantitative estimate of drug-likeness (QED) is 0.926. The van der Waals surface area contributed by atoms with Crippen LogP contribution >= 0.6 is 0 Å². The second-order valence-corrected chi connectivity index (χ2v) is 6.69. The lowest BCUT2D eigenvalue weighted by Gasteiger charge is -2.30. The average Bonchev–Trinajstić information content (AvgIpc) is 2.96. The fourth-order valence-corrected chi connectivity index (χ4v) is 3.20. The topological polar surface area (TPSA) is 94.1 Å². The Hall–Kier alpha value is -2.44. The molecule has 1 fully saturated rings. The number of primary amides is 1. The van der Waals surface area contributed by atoms with Gasteiger partial charge in [0.1, 0.15) is 0 Å². The fraction of sp³-hybridized carbons (Fsp3) is 0.529. The molecule has 0 bridgehead atoms. The molecule has 1 aliphatic rings. The molecule has 3 rings (SSSR count). The van der Waals surface area contributed by atoms with Crippen molar-refractivity contribution in [3.63, 3.8) is 0 Å². The summed E-state index contributed by atoms with van der Waals surface area (Å²) in [5.74, 6) is -0.440. The highest BCUT2D eigenvalue weighted by Gasteiger charge is 2.27. The van der Waals surface area contributed by atoms with E-state index in [1.807, 2.05) is 31.5 Å². The van der Waals surface area contributed by atoms with Gasteiger partial charge in [-0.2, -0.15) is 5.10 Å². The zero-order valence-electron chi connectivity index (χ0n) is 14.3. The third-order valence-electron chi connectivity index (χ3n) is 4.66. The van der Waals surface area contributed by atoms with Gasteiger partial charge >= 0.3 is 0 Å². The Labute approximate surface area is 140 Å². The Morgan fingerprint density at radius 3 is 2.54 bits per heavy atom. The van der Waals surface area contributed by atoms with Gasteiger partial charge < -0.3 is 10.6 Å². The monoisotopic (exact) mass is 329 g/mol. The van der Waals surface area contributed by atoms with Crippen molar-refractivity contribution >= 4 is 22.8 Å². The second kappa shape index (κ2) is 6.22. The van der Waals surface area contributed by atoms with Gasteiger partial charge in [-0.3, -0.25) is 9.59 Å². The molecule has 0 aromatic carbocycles. The van der Waals surface area contributed by atoms with E-state index in [9.17, 15) is 9.59 Å². The molecule has 0 unspecified atom stereocenters. The minimum absolute atomic E-state index is 0.0397. The average molecular weight is 329 g/mol. The van der Waals surface area contributed by atoms with Crippen LogP contribution in [0.1, 0.15) is 48.8 Å². The Kier molecular flexibility index (Phi) is 4.26. The lowest BCUT2D eigenvalue weighted by Crippen LogP contribution is -2.42. The third-order valence-corrected chi connectivity index (χ3v) is 4.66. The van der Waals surface area contributed by atoms with Gasteiger partial charge in [0.15, 0.2) is 5.65 Å². The molecule has 2 aromatic rings. The number of fused-ring (bicyclic) bond motifs is 1. The van der Waals surface area contributed by atoms with Crippen LogP contribution in [-0.2, 0) is 4.79 Å². The summed E-state index contributed by atoms with van der Waals surface area (Å²) in [6.45, 7) is 7.04. The maximum absolute atomic E-state index is 12.8. The highest BCUT2D eigenvalue weighted by Crippen LogP contribution is 2.23. The molecule has 2 aromatic heterocycles. The molecule has 0 radical (unpaired) electrons. The molecule has 128 valence electrons. The van der Waals surface area contributed by atoms with Crippen molar-refractivity contribution in [3.05, 3.63) is 23.5 Å². The summed E-state index contributed by atoms with van der Waals surface area (Å²) < 4.78 is 1.86. The molecule has 2 amide bonds. The van der Waals surface area contributed by atoms with Crippen molar-refractivity contribution < 1.29 is 9.59 Å². The van der Waals surface area contributed by atoms with Gasteiger partial charge in [-0.1, -0.05) is 0 Å². The van der Waals surface area contributed by atoms with E-state index in [1.54, 1.807) is 11.1 Å². The molecular weight excluding hydrogens is 306 g/mol. The van der Waals surface area contributed by atoms with Crippen molar-refractivity contribution in [3.8, 4) is 0 Å². The largest absolute Gasteiger partial charge is 0.369 e. The third kappa shape index (κ3) is 2.86. The summed E-state index contributed by atoms with van der Waals surface area (Å²) >= 11 is 0. The van der Waals surface area contributed by atoms with Crippen LogP contribution in [0.25, 0.3) is 11.0 Å². The van der Waals surface area contributed by atoms with Gasteiger partial charge in [0, 0.05) is 30.4 Å². The molecule has 24 heavy (non-hydrogen) atoms. The number of hydrogen-bond acceptors (Lipinski definition) is 4. The van der Waals surface area contributed by atoms with Crippen molar-refractivity contribution in [2.45, 2.75) is 39.7 Å². The van der Waals surface area contributed by atoms with Gasteiger partial charge in [0.25, 0.3) is 5.91 Å². The summed E-state index contributed by atoms with van der Waals surface area (Å²) in [6, 6.07) is 2.08. The van der Waals surface area contributed by atoms with E-state index in [0.29, 0.717) is 37.2 Å². The SMILES string of the molecule is Cc1nc2c(cnn2C(C)C)cc1C(=O)N1CCC(C(N)=O)CC1. The predicted octanol–water partition coefficient (Wildman–Crippen LogP) is 1.66. The molecule has 1 saturated heterocycles. The number of rotatable bonds is 3. The number of hydrogen-bond donors (Lipinski definition) is 1. The molecule has 7 heteroatoms. The summed E-state index contributed by atoms with van der Waals surface area (Å²) in [5.41, 5.74) is 7.45. The normalized spacial score (nSPS) is 16.1. The first-order valence-corrected chi connectivity index (χ1v) is 8.32. The molecule has 2 N–H and O–H groups in total. The van der Waals surface area contributed by atoms with E-state index in [-0.39, 0.29) is 23.8 Å². The van der Waals surface area contributed by atoms with Gasteiger partial charge in [0.2, 0.25) is 5.91 Å². The molecule has 1 aliphatic heterocycles. The first kappa shape index (κ1) is 16.4. The number of likely N-dealkylation sites (tertiary alicyclic amines) is 1. The maximum atomic E-state index is 12.8. The van der Waals surface area contributed by atoms with E-state index >= 15 is 0 Å². The minimum atomic E-state index is -0.275. The number of carbonyl (C=O) groups is 2. The number of nitrogens with two attached hydrogens (primary N) is 1. The zero-order valence-corrected chi connectivity index (χ0v) is 14.3. The van der Waals surface area contributed by atoms with E-state index in [2.05, 4.69) is 10.1 Å². The molecular formula is C17H23N5O2. The molecule has 0 spiro atoms. The van der Waals surface area contributed by atoms with E-state index in [4.69, 9.17) is 5.73 Å². The van der Waals surface area contributed by atoms with E-state index < -0.39 is 0 Å². The Bertz CT molecular complexity index is 788. The van der Waals surface area contributed by atoms with Crippen molar-refractivity contribution in [1.82, 2.24) is 19.7 Å². The number of carbonyl (C=O) groups excluding carboxylic acids is 2. The lowest BCUT2D eigenvalue weighted by atomic mass is 9.95. The van der Waals surface area contributed by atoms with Crippen LogP contribution in [0.3, 0.4) is 0 Å². The van der Waals surface area contributed by atoms with Crippen LogP contribution in [0.4, 0.5) is 0 Å². The standard InChI is InChI=1S/C17H23N5O2/c1-10(2)22-16-13(9-19-22)8-14(11(3)20-16)17(24)21-6-4-12(5-7-21)15(18)23/h8-10,12H,4-7H2,1-3H3,(H2,18,23). The van der Waals surface area contributed by atoms with Crippen LogP contribution < -0.4 is 5.73 Å². The molecule has 0 saturated carbocycles. The van der Waals surface area contributed by atoms with Crippen molar-refractivity contribution in [2.24, 2.45) is 11.7 Å². The van der Waals surface area contributed by atoms with E-state index in [1.165, 1.54) is 0 Å². The number of aryl methyl sites for hydroxylation is 1. The molecule has 3 heterocycles. The summed E-state index contributed by atoms with van der Waals surface area (Å²) in [5, 5.41) is 5.22. The Morgan fingerprint density at radius 1 is 1.29 bits per heavy atom. The number of amides is 2. The number of piperidine rings is 1. The molecule has 0 atom stereocenters. The minimum Gasteiger partial charge on any atom is -0.369 e. The lowest BCUT2D eigenvalue weighted by molar-refractivity contribution is -0.123. The summed E-state index contributed by atoms with van der Waals surface area (Å²) in [7, 11) is 0. The Morgan fingerprint density at radius 2 is 1.96 bits per heavy atom. The maximum Gasteiger partial charge on any atom is 0.255 e. The summed E-state index contributed by atoms with van der Waals surface area (Å²) in [4.78, 5) is 30.5. The zero-order chi connectivity index (χ0) is 17.4. The first-order valence-electron chi connectivity index (χ1n) is 8.32.